The van der Waals surface area contributed by atoms with Gasteiger partial charge < -0.3 is 5.32 Å². The second kappa shape index (κ2) is 4.88. The summed E-state index contributed by atoms with van der Waals surface area (Å²) in [5.74, 6) is 0.489. The summed E-state index contributed by atoms with van der Waals surface area (Å²) in [6.45, 7) is 2.48. The first-order chi connectivity index (χ1) is 9.65. The molecule has 6 heteroatoms. The number of hydrogen-bond donors (Lipinski definition) is 1. The number of aryl methyl sites for hydroxylation is 2. The van der Waals surface area contributed by atoms with Crippen LogP contribution in [0, 0.1) is 12.7 Å². The van der Waals surface area contributed by atoms with Gasteiger partial charge in [0, 0.05) is 13.6 Å². The maximum atomic E-state index is 12.9. The standard InChI is InChI=1S/C14H14FN5/c1-9-12-13(20(2)19-9)14(18-8-17-12)16-7-10-3-5-11(15)6-4-10/h3-6,8H,7H2,1-2H3,(H,16,17,18). The first-order valence-corrected chi connectivity index (χ1v) is 6.28. The maximum absolute atomic E-state index is 12.9. The molecule has 20 heavy (non-hydrogen) atoms. The minimum absolute atomic E-state index is 0.236. The molecule has 1 aromatic carbocycles. The number of aromatic nitrogens is 4. The highest BCUT2D eigenvalue weighted by molar-refractivity contribution is 5.87. The van der Waals surface area contributed by atoms with E-state index < -0.39 is 0 Å². The predicted octanol–water partition coefficient (Wildman–Crippen LogP) is 2.42. The lowest BCUT2D eigenvalue weighted by Gasteiger charge is -2.07. The normalized spacial score (nSPS) is 10.9. The molecule has 3 rings (SSSR count). The average Bonchev–Trinajstić information content (AvgIpc) is 2.74. The zero-order valence-corrected chi connectivity index (χ0v) is 11.3. The van der Waals surface area contributed by atoms with E-state index in [9.17, 15) is 4.39 Å². The summed E-state index contributed by atoms with van der Waals surface area (Å²) in [6.07, 6.45) is 1.52. The minimum atomic E-state index is -0.236. The highest BCUT2D eigenvalue weighted by Gasteiger charge is 2.11. The van der Waals surface area contributed by atoms with E-state index in [1.807, 2.05) is 14.0 Å². The number of hydrogen-bond acceptors (Lipinski definition) is 4. The Balaban J connectivity index is 1.89. The molecule has 0 aliphatic heterocycles. The van der Waals surface area contributed by atoms with Crippen LogP contribution in [0.1, 0.15) is 11.3 Å². The Labute approximate surface area is 115 Å². The summed E-state index contributed by atoms with van der Waals surface area (Å²) in [5.41, 5.74) is 3.56. The molecule has 0 atom stereocenters. The van der Waals surface area contributed by atoms with Crippen molar-refractivity contribution in [2.75, 3.05) is 5.32 Å². The third-order valence-electron chi connectivity index (χ3n) is 3.16. The van der Waals surface area contributed by atoms with Crippen LogP contribution in [-0.2, 0) is 13.6 Å². The van der Waals surface area contributed by atoms with Gasteiger partial charge in [-0.3, -0.25) is 4.68 Å². The van der Waals surface area contributed by atoms with Gasteiger partial charge in [-0.15, -0.1) is 0 Å². The van der Waals surface area contributed by atoms with Gasteiger partial charge in [-0.2, -0.15) is 5.10 Å². The first kappa shape index (κ1) is 12.5. The van der Waals surface area contributed by atoms with Gasteiger partial charge in [-0.1, -0.05) is 12.1 Å². The van der Waals surface area contributed by atoms with E-state index in [0.29, 0.717) is 6.54 Å². The van der Waals surface area contributed by atoms with Crippen LogP contribution in [0.2, 0.25) is 0 Å². The van der Waals surface area contributed by atoms with Crippen LogP contribution in [0.4, 0.5) is 10.2 Å². The number of rotatable bonds is 3. The van der Waals surface area contributed by atoms with Crippen LogP contribution >= 0.6 is 0 Å². The summed E-state index contributed by atoms with van der Waals surface area (Å²) in [7, 11) is 1.86. The van der Waals surface area contributed by atoms with Gasteiger partial charge in [-0.05, 0) is 24.6 Å². The monoisotopic (exact) mass is 271 g/mol. The van der Waals surface area contributed by atoms with Crippen molar-refractivity contribution in [3.8, 4) is 0 Å². The molecule has 0 saturated heterocycles. The molecule has 0 bridgehead atoms. The van der Waals surface area contributed by atoms with Gasteiger partial charge in [0.25, 0.3) is 0 Å². The topological polar surface area (TPSA) is 55.6 Å². The van der Waals surface area contributed by atoms with Crippen molar-refractivity contribution in [2.24, 2.45) is 7.05 Å². The predicted molar refractivity (Wildman–Crippen MR) is 74.8 cm³/mol. The van der Waals surface area contributed by atoms with E-state index in [0.717, 1.165) is 28.1 Å². The maximum Gasteiger partial charge on any atom is 0.155 e. The van der Waals surface area contributed by atoms with Crippen LogP contribution in [0.15, 0.2) is 30.6 Å². The molecular formula is C14H14FN5. The largest absolute Gasteiger partial charge is 0.364 e. The summed E-state index contributed by atoms with van der Waals surface area (Å²) >= 11 is 0. The molecule has 3 aromatic rings. The molecule has 102 valence electrons. The smallest absolute Gasteiger partial charge is 0.155 e. The number of nitrogens with zero attached hydrogens (tertiary/aromatic N) is 4. The van der Waals surface area contributed by atoms with Gasteiger partial charge in [0.2, 0.25) is 0 Å². The van der Waals surface area contributed by atoms with Gasteiger partial charge in [0.15, 0.2) is 5.82 Å². The van der Waals surface area contributed by atoms with Crippen LogP contribution in [-0.4, -0.2) is 19.7 Å². The van der Waals surface area contributed by atoms with Gasteiger partial charge in [0.05, 0.1) is 5.69 Å². The quantitative estimate of drug-likeness (QED) is 0.795. The lowest BCUT2D eigenvalue weighted by Crippen LogP contribution is -2.04. The van der Waals surface area contributed by atoms with E-state index in [1.165, 1.54) is 18.5 Å². The van der Waals surface area contributed by atoms with E-state index in [1.54, 1.807) is 16.8 Å². The Morgan fingerprint density at radius 1 is 1.20 bits per heavy atom. The fourth-order valence-electron chi connectivity index (χ4n) is 2.19. The van der Waals surface area contributed by atoms with E-state index in [2.05, 4.69) is 20.4 Å². The van der Waals surface area contributed by atoms with Crippen molar-refractivity contribution in [1.29, 1.82) is 0 Å². The highest BCUT2D eigenvalue weighted by Crippen LogP contribution is 2.21. The number of benzene rings is 1. The fourth-order valence-corrected chi connectivity index (χ4v) is 2.19. The number of halogens is 1. The van der Waals surface area contributed by atoms with E-state index in [4.69, 9.17) is 0 Å². The van der Waals surface area contributed by atoms with Crippen molar-refractivity contribution in [1.82, 2.24) is 19.7 Å². The van der Waals surface area contributed by atoms with Crippen molar-refractivity contribution in [3.05, 3.63) is 47.7 Å². The second-order valence-electron chi connectivity index (χ2n) is 4.61. The molecule has 0 unspecified atom stereocenters. The first-order valence-electron chi connectivity index (χ1n) is 6.28. The molecule has 0 spiro atoms. The van der Waals surface area contributed by atoms with Gasteiger partial charge in [-0.25, -0.2) is 14.4 Å². The minimum Gasteiger partial charge on any atom is -0.364 e. The average molecular weight is 271 g/mol. The number of nitrogens with one attached hydrogen (secondary N) is 1. The third-order valence-corrected chi connectivity index (χ3v) is 3.16. The van der Waals surface area contributed by atoms with E-state index >= 15 is 0 Å². The Morgan fingerprint density at radius 3 is 2.70 bits per heavy atom. The molecule has 2 heterocycles. The summed E-state index contributed by atoms with van der Waals surface area (Å²) in [5, 5.41) is 7.59. The fraction of sp³-hybridized carbons (Fsp3) is 0.214. The van der Waals surface area contributed by atoms with Crippen LogP contribution in [0.5, 0.6) is 0 Å². The molecule has 1 N–H and O–H groups in total. The van der Waals surface area contributed by atoms with Crippen molar-refractivity contribution in [2.45, 2.75) is 13.5 Å². The lowest BCUT2D eigenvalue weighted by molar-refractivity contribution is 0.627. The Kier molecular flexibility index (Phi) is 3.06. The second-order valence-corrected chi connectivity index (χ2v) is 4.61. The summed E-state index contributed by atoms with van der Waals surface area (Å²) in [6, 6.07) is 6.38. The Bertz CT molecular complexity index is 748. The van der Waals surface area contributed by atoms with Crippen molar-refractivity contribution >= 4 is 16.9 Å². The highest BCUT2D eigenvalue weighted by atomic mass is 19.1. The van der Waals surface area contributed by atoms with Crippen LogP contribution in [0.25, 0.3) is 11.0 Å². The van der Waals surface area contributed by atoms with Crippen LogP contribution < -0.4 is 5.32 Å². The number of fused-ring (bicyclic) bond motifs is 1. The molecule has 0 amide bonds. The zero-order valence-electron chi connectivity index (χ0n) is 11.3. The third kappa shape index (κ3) is 2.20. The summed E-state index contributed by atoms with van der Waals surface area (Å²) in [4.78, 5) is 8.50. The lowest BCUT2D eigenvalue weighted by atomic mass is 10.2. The van der Waals surface area contributed by atoms with Gasteiger partial charge >= 0.3 is 0 Å². The molecule has 0 saturated carbocycles. The van der Waals surface area contributed by atoms with Crippen molar-refractivity contribution < 1.29 is 4.39 Å². The van der Waals surface area contributed by atoms with Crippen molar-refractivity contribution in [3.63, 3.8) is 0 Å². The van der Waals surface area contributed by atoms with Crippen LogP contribution in [0.3, 0.4) is 0 Å². The Hall–Kier alpha value is -2.50. The summed E-state index contributed by atoms with van der Waals surface area (Å²) < 4.78 is 14.6. The molecule has 0 radical (unpaired) electrons. The Morgan fingerprint density at radius 2 is 1.95 bits per heavy atom. The molecule has 0 aliphatic carbocycles. The number of anilines is 1. The SMILES string of the molecule is Cc1nn(C)c2c(NCc3ccc(F)cc3)ncnc12. The molecule has 0 aliphatic rings. The molecule has 5 nitrogen and oxygen atoms in total. The molecule has 2 aromatic heterocycles. The molecule has 0 fully saturated rings. The molecular weight excluding hydrogens is 257 g/mol. The van der Waals surface area contributed by atoms with E-state index in [-0.39, 0.29) is 5.82 Å². The van der Waals surface area contributed by atoms with Gasteiger partial charge in [0.1, 0.15) is 23.2 Å². The zero-order chi connectivity index (χ0) is 14.1.